The van der Waals surface area contributed by atoms with Crippen molar-refractivity contribution in [1.29, 1.82) is 0 Å². The van der Waals surface area contributed by atoms with E-state index in [0.29, 0.717) is 23.4 Å². The van der Waals surface area contributed by atoms with Gasteiger partial charge in [-0.1, -0.05) is 0 Å². The summed E-state index contributed by atoms with van der Waals surface area (Å²) in [5.74, 6) is 0.318. The smallest absolute Gasteiger partial charge is 0.339 e. The Hall–Kier alpha value is -2.01. The SMILES string of the molecule is COc1cc2c(CN(C)C)c(C)c(=O)oc2cc1O. The van der Waals surface area contributed by atoms with Crippen LogP contribution in [0.1, 0.15) is 11.1 Å². The molecule has 5 heteroatoms. The lowest BCUT2D eigenvalue weighted by Gasteiger charge is -2.14. The van der Waals surface area contributed by atoms with Crippen LogP contribution in [0, 0.1) is 6.92 Å². The normalized spacial score (nSPS) is 11.2. The minimum atomic E-state index is -0.381. The summed E-state index contributed by atoms with van der Waals surface area (Å²) >= 11 is 0. The summed E-state index contributed by atoms with van der Waals surface area (Å²) in [6.07, 6.45) is 0. The van der Waals surface area contributed by atoms with E-state index in [4.69, 9.17) is 9.15 Å². The van der Waals surface area contributed by atoms with Gasteiger partial charge in [0.15, 0.2) is 11.5 Å². The first kappa shape index (κ1) is 13.4. The molecule has 2 aromatic rings. The van der Waals surface area contributed by atoms with Crippen LogP contribution in [0.2, 0.25) is 0 Å². The number of benzene rings is 1. The topological polar surface area (TPSA) is 62.9 Å². The molecule has 1 aromatic carbocycles. The second-order valence-corrected chi connectivity index (χ2v) is 4.75. The van der Waals surface area contributed by atoms with E-state index in [0.717, 1.165) is 10.9 Å². The van der Waals surface area contributed by atoms with Crippen LogP contribution in [-0.2, 0) is 6.54 Å². The molecule has 0 radical (unpaired) electrons. The van der Waals surface area contributed by atoms with Crippen molar-refractivity contribution in [3.63, 3.8) is 0 Å². The molecule has 1 N–H and O–H groups in total. The van der Waals surface area contributed by atoms with E-state index in [1.54, 1.807) is 13.0 Å². The Labute approximate surface area is 111 Å². The second-order valence-electron chi connectivity index (χ2n) is 4.75. The van der Waals surface area contributed by atoms with Gasteiger partial charge in [-0.2, -0.15) is 0 Å². The third-order valence-electron chi connectivity index (χ3n) is 3.04. The highest BCUT2D eigenvalue weighted by Crippen LogP contribution is 2.33. The van der Waals surface area contributed by atoms with Crippen molar-refractivity contribution in [2.45, 2.75) is 13.5 Å². The van der Waals surface area contributed by atoms with Gasteiger partial charge >= 0.3 is 5.63 Å². The lowest BCUT2D eigenvalue weighted by Crippen LogP contribution is -2.16. The minimum absolute atomic E-state index is 0.0437. The van der Waals surface area contributed by atoms with Gasteiger partial charge in [-0.05, 0) is 32.6 Å². The number of ether oxygens (including phenoxy) is 1. The summed E-state index contributed by atoms with van der Waals surface area (Å²) in [6.45, 7) is 2.35. The third-order valence-corrected chi connectivity index (χ3v) is 3.04. The standard InChI is InChI=1S/C14H17NO4/c1-8-10(7-15(2)3)9-5-13(18-4)11(16)6-12(9)19-14(8)17/h5-6,16H,7H2,1-4H3. The van der Waals surface area contributed by atoms with Gasteiger partial charge in [0.2, 0.25) is 0 Å². The molecule has 2 rings (SSSR count). The maximum atomic E-state index is 11.8. The highest BCUT2D eigenvalue weighted by Gasteiger charge is 2.15. The summed E-state index contributed by atoms with van der Waals surface area (Å²) in [5.41, 5.74) is 1.45. The molecule has 19 heavy (non-hydrogen) atoms. The van der Waals surface area contributed by atoms with Crippen LogP contribution in [0.4, 0.5) is 0 Å². The van der Waals surface area contributed by atoms with E-state index in [-0.39, 0.29) is 11.4 Å². The zero-order valence-electron chi connectivity index (χ0n) is 11.5. The van der Waals surface area contributed by atoms with Crippen LogP contribution in [0.5, 0.6) is 11.5 Å². The van der Waals surface area contributed by atoms with Crippen molar-refractivity contribution in [3.8, 4) is 11.5 Å². The fourth-order valence-corrected chi connectivity index (χ4v) is 2.05. The largest absolute Gasteiger partial charge is 0.504 e. The summed E-state index contributed by atoms with van der Waals surface area (Å²) in [6, 6.07) is 3.10. The molecule has 1 heterocycles. The lowest BCUT2D eigenvalue weighted by atomic mass is 10.0. The van der Waals surface area contributed by atoms with Gasteiger partial charge in [-0.15, -0.1) is 0 Å². The number of fused-ring (bicyclic) bond motifs is 1. The molecule has 0 bridgehead atoms. The zero-order valence-corrected chi connectivity index (χ0v) is 11.5. The maximum absolute atomic E-state index is 11.8. The number of methoxy groups -OCH3 is 1. The number of phenols is 1. The number of hydrogen-bond donors (Lipinski definition) is 1. The van der Waals surface area contributed by atoms with E-state index in [9.17, 15) is 9.90 Å². The van der Waals surface area contributed by atoms with Gasteiger partial charge in [0, 0.05) is 23.6 Å². The monoisotopic (exact) mass is 263 g/mol. The van der Waals surface area contributed by atoms with Crippen LogP contribution in [0.25, 0.3) is 11.0 Å². The predicted octanol–water partition coefficient (Wildman–Crippen LogP) is 1.88. The van der Waals surface area contributed by atoms with Gasteiger partial charge < -0.3 is 19.2 Å². The molecule has 0 atom stereocenters. The third kappa shape index (κ3) is 2.42. The van der Waals surface area contributed by atoms with E-state index in [1.807, 2.05) is 19.0 Å². The van der Waals surface area contributed by atoms with Crippen molar-refractivity contribution < 1.29 is 14.3 Å². The molecule has 0 unspecified atom stereocenters. The first-order chi connectivity index (χ1) is 8.93. The molecule has 0 aliphatic carbocycles. The molecule has 5 nitrogen and oxygen atoms in total. The fourth-order valence-electron chi connectivity index (χ4n) is 2.05. The number of phenolic OH excluding ortho intramolecular Hbond substituents is 1. The molecular formula is C14H17NO4. The average Bonchev–Trinajstić information content (AvgIpc) is 2.34. The molecule has 0 saturated carbocycles. The van der Waals surface area contributed by atoms with E-state index < -0.39 is 0 Å². The van der Waals surface area contributed by atoms with E-state index in [1.165, 1.54) is 13.2 Å². The quantitative estimate of drug-likeness (QED) is 0.857. The number of nitrogens with zero attached hydrogens (tertiary/aromatic N) is 1. The molecule has 0 amide bonds. The van der Waals surface area contributed by atoms with E-state index in [2.05, 4.69) is 0 Å². The maximum Gasteiger partial charge on any atom is 0.339 e. The van der Waals surface area contributed by atoms with Gasteiger partial charge in [-0.3, -0.25) is 0 Å². The highest BCUT2D eigenvalue weighted by molar-refractivity contribution is 5.84. The highest BCUT2D eigenvalue weighted by atomic mass is 16.5. The van der Waals surface area contributed by atoms with Crippen LogP contribution >= 0.6 is 0 Å². The summed E-state index contributed by atoms with van der Waals surface area (Å²) in [7, 11) is 5.34. The van der Waals surface area contributed by atoms with Gasteiger partial charge in [0.05, 0.1) is 7.11 Å². The average molecular weight is 263 g/mol. The van der Waals surface area contributed by atoms with Crippen molar-refractivity contribution in [2.75, 3.05) is 21.2 Å². The summed E-state index contributed by atoms with van der Waals surface area (Å²) in [5, 5.41) is 10.5. The van der Waals surface area contributed by atoms with Gasteiger partial charge in [0.25, 0.3) is 0 Å². The van der Waals surface area contributed by atoms with Crippen LogP contribution in [-0.4, -0.2) is 31.2 Å². The van der Waals surface area contributed by atoms with Crippen molar-refractivity contribution in [3.05, 3.63) is 33.7 Å². The first-order valence-electron chi connectivity index (χ1n) is 5.92. The van der Waals surface area contributed by atoms with Gasteiger partial charge in [0.1, 0.15) is 5.58 Å². The van der Waals surface area contributed by atoms with Crippen molar-refractivity contribution in [2.24, 2.45) is 0 Å². The van der Waals surface area contributed by atoms with Crippen molar-refractivity contribution >= 4 is 11.0 Å². The second kappa shape index (κ2) is 4.93. The molecule has 0 fully saturated rings. The lowest BCUT2D eigenvalue weighted by molar-refractivity contribution is 0.373. The molecular weight excluding hydrogens is 246 g/mol. The van der Waals surface area contributed by atoms with Crippen molar-refractivity contribution in [1.82, 2.24) is 4.90 Å². The number of hydrogen-bond acceptors (Lipinski definition) is 5. The Morgan fingerprint density at radius 2 is 2.05 bits per heavy atom. The Morgan fingerprint density at radius 1 is 1.37 bits per heavy atom. The number of rotatable bonds is 3. The first-order valence-corrected chi connectivity index (χ1v) is 5.92. The van der Waals surface area contributed by atoms with Gasteiger partial charge in [-0.25, -0.2) is 4.79 Å². The molecule has 102 valence electrons. The van der Waals surface area contributed by atoms with Crippen LogP contribution in [0.15, 0.2) is 21.3 Å². The van der Waals surface area contributed by atoms with Crippen LogP contribution in [0.3, 0.4) is 0 Å². The predicted molar refractivity (Wildman–Crippen MR) is 72.8 cm³/mol. The Morgan fingerprint density at radius 3 is 2.63 bits per heavy atom. The molecule has 1 aromatic heterocycles. The fraction of sp³-hybridized carbons (Fsp3) is 0.357. The zero-order chi connectivity index (χ0) is 14.2. The molecule has 0 aliphatic rings. The minimum Gasteiger partial charge on any atom is -0.504 e. The Kier molecular flexibility index (Phi) is 3.48. The summed E-state index contributed by atoms with van der Waals surface area (Å²) < 4.78 is 10.3. The van der Waals surface area contributed by atoms with E-state index >= 15 is 0 Å². The Balaban J connectivity index is 2.81. The summed E-state index contributed by atoms with van der Waals surface area (Å²) in [4.78, 5) is 13.8. The molecule has 0 aliphatic heterocycles. The Bertz CT molecular complexity index is 673. The number of aromatic hydroxyl groups is 1. The van der Waals surface area contributed by atoms with Crippen LogP contribution < -0.4 is 10.4 Å². The molecule has 0 spiro atoms. The molecule has 0 saturated heterocycles.